The average molecular weight is 180 g/mol. The van der Waals surface area contributed by atoms with Crippen LogP contribution in [0.15, 0.2) is 22.8 Å². The molecule has 3 nitrogen and oxygen atoms in total. The lowest BCUT2D eigenvalue weighted by Crippen LogP contribution is -2.18. The number of rotatable bonds is 4. The summed E-state index contributed by atoms with van der Waals surface area (Å²) < 4.78 is 5.13. The van der Waals surface area contributed by atoms with Gasteiger partial charge in [-0.1, -0.05) is 0 Å². The number of carboxylic acid groups (broad SMARTS) is 1. The van der Waals surface area contributed by atoms with Crippen LogP contribution in [-0.2, 0) is 11.2 Å². The summed E-state index contributed by atoms with van der Waals surface area (Å²) in [5.74, 6) is 0.215. The topological polar surface area (TPSA) is 50.4 Å². The van der Waals surface area contributed by atoms with E-state index in [1.165, 1.54) is 0 Å². The monoisotopic (exact) mass is 180 g/mol. The third kappa shape index (κ3) is 1.91. The Morgan fingerprint density at radius 3 is 2.92 bits per heavy atom. The second-order valence-corrected chi connectivity index (χ2v) is 3.57. The summed E-state index contributed by atoms with van der Waals surface area (Å²) in [4.78, 5) is 10.9. The van der Waals surface area contributed by atoms with Gasteiger partial charge in [-0.2, -0.15) is 0 Å². The van der Waals surface area contributed by atoms with Gasteiger partial charge in [-0.25, -0.2) is 0 Å². The maximum atomic E-state index is 10.9. The molecule has 2 rings (SSSR count). The number of carbonyl (C=O) groups is 1. The van der Waals surface area contributed by atoms with Crippen molar-refractivity contribution < 1.29 is 14.3 Å². The van der Waals surface area contributed by atoms with E-state index >= 15 is 0 Å². The molecule has 0 aromatic carbocycles. The molecule has 1 aliphatic carbocycles. The van der Waals surface area contributed by atoms with E-state index in [1.54, 1.807) is 12.3 Å². The molecule has 1 unspecified atom stereocenters. The Morgan fingerprint density at radius 2 is 2.46 bits per heavy atom. The zero-order chi connectivity index (χ0) is 9.26. The van der Waals surface area contributed by atoms with Crippen molar-refractivity contribution in [1.29, 1.82) is 0 Å². The van der Waals surface area contributed by atoms with Crippen molar-refractivity contribution in [3.63, 3.8) is 0 Å². The molecule has 1 atom stereocenters. The first-order valence-corrected chi connectivity index (χ1v) is 4.52. The highest BCUT2D eigenvalue weighted by atomic mass is 16.4. The largest absolute Gasteiger partial charge is 0.481 e. The molecule has 1 aromatic rings. The van der Waals surface area contributed by atoms with Crippen molar-refractivity contribution in [2.75, 3.05) is 0 Å². The molecule has 1 aliphatic rings. The highest BCUT2D eigenvalue weighted by Crippen LogP contribution is 2.38. The maximum Gasteiger partial charge on any atom is 0.307 e. The summed E-state index contributed by atoms with van der Waals surface area (Å²) in [6.45, 7) is 0. The van der Waals surface area contributed by atoms with Gasteiger partial charge in [0.15, 0.2) is 0 Å². The molecule has 0 aliphatic heterocycles. The first-order chi connectivity index (χ1) is 6.27. The summed E-state index contributed by atoms with van der Waals surface area (Å²) >= 11 is 0. The van der Waals surface area contributed by atoms with Crippen LogP contribution in [0.2, 0.25) is 0 Å². The molecule has 1 aromatic heterocycles. The third-order valence-electron chi connectivity index (χ3n) is 2.51. The molecule has 0 saturated heterocycles. The van der Waals surface area contributed by atoms with Crippen LogP contribution >= 0.6 is 0 Å². The van der Waals surface area contributed by atoms with Gasteiger partial charge < -0.3 is 9.52 Å². The maximum absolute atomic E-state index is 10.9. The van der Waals surface area contributed by atoms with Gasteiger partial charge in [0, 0.05) is 6.42 Å². The molecule has 0 radical (unpaired) electrons. The zero-order valence-corrected chi connectivity index (χ0v) is 7.27. The quantitative estimate of drug-likeness (QED) is 0.770. The lowest BCUT2D eigenvalue weighted by atomic mass is 9.99. The first kappa shape index (κ1) is 8.35. The predicted molar refractivity (Wildman–Crippen MR) is 46.3 cm³/mol. The molecule has 1 fully saturated rings. The van der Waals surface area contributed by atoms with Crippen LogP contribution in [-0.4, -0.2) is 11.1 Å². The minimum atomic E-state index is -0.695. The minimum absolute atomic E-state index is 0.244. The van der Waals surface area contributed by atoms with Gasteiger partial charge in [0.25, 0.3) is 0 Å². The molecule has 70 valence electrons. The lowest BCUT2D eigenvalue weighted by Gasteiger charge is -2.07. The molecule has 1 N–H and O–H groups in total. The van der Waals surface area contributed by atoms with Gasteiger partial charge in [-0.3, -0.25) is 4.79 Å². The Hall–Kier alpha value is -1.25. The van der Waals surface area contributed by atoms with Gasteiger partial charge in [0.1, 0.15) is 5.76 Å². The van der Waals surface area contributed by atoms with Gasteiger partial charge in [-0.05, 0) is 30.9 Å². The van der Waals surface area contributed by atoms with E-state index in [2.05, 4.69) is 0 Å². The van der Waals surface area contributed by atoms with E-state index < -0.39 is 5.97 Å². The fraction of sp³-hybridized carbons (Fsp3) is 0.500. The first-order valence-electron chi connectivity index (χ1n) is 4.52. The van der Waals surface area contributed by atoms with Crippen LogP contribution in [0.1, 0.15) is 18.6 Å². The molecule has 3 heteroatoms. The molecule has 13 heavy (non-hydrogen) atoms. The molecule has 0 spiro atoms. The number of furan rings is 1. The summed E-state index contributed by atoms with van der Waals surface area (Å²) in [6, 6.07) is 3.62. The van der Waals surface area contributed by atoms with E-state index in [1.807, 2.05) is 6.07 Å². The Bertz CT molecular complexity index is 285. The standard InChI is InChI=1S/C10H12O3/c11-10(12)9(7-3-4-7)6-8-2-1-5-13-8/h1-2,5,7,9H,3-4,6H2,(H,11,12). The van der Waals surface area contributed by atoms with Crippen LogP contribution in [0.4, 0.5) is 0 Å². The van der Waals surface area contributed by atoms with Gasteiger partial charge in [-0.15, -0.1) is 0 Å². The van der Waals surface area contributed by atoms with Crippen molar-refractivity contribution in [1.82, 2.24) is 0 Å². The van der Waals surface area contributed by atoms with E-state index in [-0.39, 0.29) is 5.92 Å². The second kappa shape index (κ2) is 3.24. The molecular formula is C10H12O3. The Morgan fingerprint density at radius 1 is 1.69 bits per heavy atom. The van der Waals surface area contributed by atoms with Crippen LogP contribution in [0, 0.1) is 11.8 Å². The second-order valence-electron chi connectivity index (χ2n) is 3.57. The smallest absolute Gasteiger partial charge is 0.307 e. The fourth-order valence-electron chi connectivity index (χ4n) is 1.60. The Kier molecular flexibility index (Phi) is 2.08. The van der Waals surface area contributed by atoms with Crippen LogP contribution < -0.4 is 0 Å². The summed E-state index contributed by atoms with van der Waals surface area (Å²) in [5.41, 5.74) is 0. The van der Waals surface area contributed by atoms with Crippen LogP contribution in [0.3, 0.4) is 0 Å². The van der Waals surface area contributed by atoms with Crippen molar-refractivity contribution in [2.45, 2.75) is 19.3 Å². The van der Waals surface area contributed by atoms with E-state index in [0.717, 1.165) is 18.6 Å². The summed E-state index contributed by atoms with van der Waals surface area (Å²) in [6.07, 6.45) is 4.23. The minimum Gasteiger partial charge on any atom is -0.481 e. The number of carboxylic acids is 1. The van der Waals surface area contributed by atoms with Crippen LogP contribution in [0.5, 0.6) is 0 Å². The number of hydrogen-bond donors (Lipinski definition) is 1. The van der Waals surface area contributed by atoms with Crippen molar-refractivity contribution in [3.05, 3.63) is 24.2 Å². The number of hydrogen-bond acceptors (Lipinski definition) is 2. The van der Waals surface area contributed by atoms with Gasteiger partial charge >= 0.3 is 5.97 Å². The SMILES string of the molecule is O=C(O)C(Cc1ccco1)C1CC1. The normalized spacial score (nSPS) is 18.5. The highest BCUT2D eigenvalue weighted by molar-refractivity contribution is 5.71. The number of aliphatic carboxylic acids is 1. The Labute approximate surface area is 76.4 Å². The van der Waals surface area contributed by atoms with Gasteiger partial charge in [0.2, 0.25) is 0 Å². The van der Waals surface area contributed by atoms with E-state index in [0.29, 0.717) is 12.3 Å². The lowest BCUT2D eigenvalue weighted by molar-refractivity contribution is -0.142. The third-order valence-corrected chi connectivity index (χ3v) is 2.51. The molecular weight excluding hydrogens is 168 g/mol. The van der Waals surface area contributed by atoms with Crippen molar-refractivity contribution in [3.8, 4) is 0 Å². The summed E-state index contributed by atoms with van der Waals surface area (Å²) in [7, 11) is 0. The van der Waals surface area contributed by atoms with Crippen molar-refractivity contribution in [2.24, 2.45) is 11.8 Å². The van der Waals surface area contributed by atoms with Gasteiger partial charge in [0.05, 0.1) is 12.2 Å². The summed E-state index contributed by atoms with van der Waals surface area (Å²) in [5, 5.41) is 8.94. The Balaban J connectivity index is 2.01. The highest BCUT2D eigenvalue weighted by Gasteiger charge is 2.36. The molecule has 1 saturated carbocycles. The predicted octanol–water partition coefficient (Wildman–Crippen LogP) is 1.93. The fourth-order valence-corrected chi connectivity index (χ4v) is 1.60. The molecule has 1 heterocycles. The van der Waals surface area contributed by atoms with Crippen molar-refractivity contribution >= 4 is 5.97 Å². The molecule has 0 bridgehead atoms. The van der Waals surface area contributed by atoms with Crippen LogP contribution in [0.25, 0.3) is 0 Å². The average Bonchev–Trinajstić information content (AvgIpc) is 2.79. The zero-order valence-electron chi connectivity index (χ0n) is 7.27. The van der Waals surface area contributed by atoms with E-state index in [4.69, 9.17) is 9.52 Å². The molecule has 0 amide bonds. The van der Waals surface area contributed by atoms with E-state index in [9.17, 15) is 4.79 Å².